The molecule has 0 saturated carbocycles. The molecule has 9 heteroatoms. The van der Waals surface area contributed by atoms with Crippen LogP contribution in [0.2, 0.25) is 10.0 Å². The van der Waals surface area contributed by atoms with Crippen LogP contribution in [0, 0.1) is 11.3 Å². The van der Waals surface area contributed by atoms with Gasteiger partial charge in [0.05, 0.1) is 17.5 Å². The quantitative estimate of drug-likeness (QED) is 0.439. The number of halogens is 2. The van der Waals surface area contributed by atoms with Crippen molar-refractivity contribution in [2.45, 2.75) is 19.4 Å². The van der Waals surface area contributed by atoms with Gasteiger partial charge in [0, 0.05) is 16.7 Å². The van der Waals surface area contributed by atoms with Crippen molar-refractivity contribution in [1.82, 2.24) is 0 Å². The fraction of sp³-hybridized carbons (Fsp3) is 0.192. The fourth-order valence-electron chi connectivity index (χ4n) is 4.08. The minimum Gasteiger partial charge on any atom is -0.490 e. The van der Waals surface area contributed by atoms with Gasteiger partial charge in [-0.2, -0.15) is 5.26 Å². The Morgan fingerprint density at radius 2 is 1.77 bits per heavy atom. The van der Waals surface area contributed by atoms with E-state index in [4.69, 9.17) is 52.6 Å². The van der Waals surface area contributed by atoms with Gasteiger partial charge in [0.15, 0.2) is 23.0 Å². The topological polar surface area (TPSA) is 96.0 Å². The minimum atomic E-state index is -0.555. The van der Waals surface area contributed by atoms with E-state index in [1.165, 1.54) is 0 Å². The van der Waals surface area contributed by atoms with Crippen LogP contribution in [-0.2, 0) is 6.61 Å². The zero-order valence-electron chi connectivity index (χ0n) is 18.6. The number of allylic oxidation sites excluding steroid dienone is 1. The number of rotatable bonds is 6. The van der Waals surface area contributed by atoms with E-state index >= 15 is 0 Å². The molecule has 178 valence electrons. The molecule has 0 fully saturated rings. The molecule has 2 heterocycles. The van der Waals surface area contributed by atoms with E-state index in [1.54, 1.807) is 30.3 Å². The molecule has 0 spiro atoms. The van der Waals surface area contributed by atoms with Crippen LogP contribution in [0.15, 0.2) is 60.0 Å². The van der Waals surface area contributed by atoms with Crippen LogP contribution in [0.3, 0.4) is 0 Å². The van der Waals surface area contributed by atoms with Crippen molar-refractivity contribution in [2.24, 2.45) is 5.73 Å². The molecule has 0 radical (unpaired) electrons. The van der Waals surface area contributed by atoms with E-state index < -0.39 is 5.92 Å². The summed E-state index contributed by atoms with van der Waals surface area (Å²) < 4.78 is 28.7. The lowest BCUT2D eigenvalue weighted by atomic mass is 9.83. The first-order valence-corrected chi connectivity index (χ1v) is 11.6. The predicted molar refractivity (Wildman–Crippen MR) is 130 cm³/mol. The summed E-state index contributed by atoms with van der Waals surface area (Å²) in [5.74, 6) is 1.91. The van der Waals surface area contributed by atoms with Crippen molar-refractivity contribution >= 4 is 23.2 Å². The van der Waals surface area contributed by atoms with Crippen LogP contribution in [-0.4, -0.2) is 13.4 Å². The Bertz CT molecular complexity index is 1370. The van der Waals surface area contributed by atoms with Gasteiger partial charge in [-0.3, -0.25) is 0 Å². The van der Waals surface area contributed by atoms with Crippen molar-refractivity contribution in [3.8, 4) is 34.8 Å². The lowest BCUT2D eigenvalue weighted by Crippen LogP contribution is -2.21. The molecule has 3 aromatic rings. The number of nitrogens with zero attached hydrogens (tertiary/aromatic N) is 1. The molecule has 7 nitrogen and oxygen atoms in total. The molecule has 2 N–H and O–H groups in total. The summed E-state index contributed by atoms with van der Waals surface area (Å²) in [7, 11) is 0. The first kappa shape index (κ1) is 23.0. The molecule has 2 aliphatic heterocycles. The van der Waals surface area contributed by atoms with Gasteiger partial charge in [0.2, 0.25) is 12.7 Å². The molecule has 3 aromatic carbocycles. The van der Waals surface area contributed by atoms with Crippen LogP contribution in [0.5, 0.6) is 28.7 Å². The number of hydrogen-bond acceptors (Lipinski definition) is 7. The summed E-state index contributed by atoms with van der Waals surface area (Å²) in [5.41, 5.74) is 8.71. The molecular formula is C26H20Cl2N2O5. The highest BCUT2D eigenvalue weighted by Crippen LogP contribution is 2.50. The lowest BCUT2D eigenvalue weighted by molar-refractivity contribution is 0.174. The van der Waals surface area contributed by atoms with Crippen molar-refractivity contribution < 1.29 is 23.7 Å². The van der Waals surface area contributed by atoms with Crippen molar-refractivity contribution in [1.29, 1.82) is 5.26 Å². The average molecular weight is 511 g/mol. The molecule has 0 amide bonds. The molecule has 0 bridgehead atoms. The molecular weight excluding hydrogens is 491 g/mol. The maximum atomic E-state index is 9.92. The summed E-state index contributed by atoms with van der Waals surface area (Å²) in [6.45, 7) is 2.64. The highest BCUT2D eigenvalue weighted by atomic mass is 35.5. The van der Waals surface area contributed by atoms with Crippen molar-refractivity contribution in [3.05, 3.63) is 86.7 Å². The fourth-order valence-corrected chi connectivity index (χ4v) is 4.48. The van der Waals surface area contributed by atoms with Crippen LogP contribution < -0.4 is 29.4 Å². The van der Waals surface area contributed by atoms with Crippen molar-refractivity contribution in [3.63, 3.8) is 0 Å². The number of ether oxygens (including phenoxy) is 5. The number of nitrogens with two attached hydrogens (primary N) is 1. The van der Waals surface area contributed by atoms with Gasteiger partial charge < -0.3 is 29.4 Å². The van der Waals surface area contributed by atoms with Gasteiger partial charge in [0.1, 0.15) is 24.0 Å². The van der Waals surface area contributed by atoms with E-state index in [2.05, 4.69) is 6.07 Å². The third-order valence-electron chi connectivity index (χ3n) is 5.67. The molecule has 2 aliphatic rings. The maximum absolute atomic E-state index is 9.92. The van der Waals surface area contributed by atoms with E-state index in [1.807, 2.05) is 25.1 Å². The highest BCUT2D eigenvalue weighted by molar-refractivity contribution is 6.32. The van der Waals surface area contributed by atoms with E-state index in [-0.39, 0.29) is 24.9 Å². The monoisotopic (exact) mass is 510 g/mol. The first-order valence-electron chi connectivity index (χ1n) is 10.8. The Balaban J connectivity index is 1.56. The van der Waals surface area contributed by atoms with Gasteiger partial charge in [-0.05, 0) is 48.4 Å². The van der Waals surface area contributed by atoms with Crippen LogP contribution in [0.25, 0.3) is 0 Å². The summed E-state index contributed by atoms with van der Waals surface area (Å²) in [6, 6.07) is 16.6. The lowest BCUT2D eigenvalue weighted by Gasteiger charge is -2.27. The van der Waals surface area contributed by atoms with Crippen molar-refractivity contribution in [2.75, 3.05) is 13.4 Å². The molecule has 5 rings (SSSR count). The van der Waals surface area contributed by atoms with E-state index in [0.717, 1.165) is 5.56 Å². The molecule has 0 aliphatic carbocycles. The summed E-state index contributed by atoms with van der Waals surface area (Å²) >= 11 is 12.7. The molecule has 35 heavy (non-hydrogen) atoms. The second-order valence-corrected chi connectivity index (χ2v) is 8.69. The largest absolute Gasteiger partial charge is 0.490 e. The Hall–Kier alpha value is -3.73. The Morgan fingerprint density at radius 3 is 2.49 bits per heavy atom. The molecule has 0 saturated heterocycles. The molecule has 0 aromatic heterocycles. The zero-order valence-corrected chi connectivity index (χ0v) is 20.2. The summed E-state index contributed by atoms with van der Waals surface area (Å²) in [6.07, 6.45) is 0. The molecule has 0 unspecified atom stereocenters. The maximum Gasteiger partial charge on any atom is 0.231 e. The van der Waals surface area contributed by atoms with Crippen LogP contribution in [0.1, 0.15) is 29.5 Å². The Labute approximate surface area is 212 Å². The summed E-state index contributed by atoms with van der Waals surface area (Å²) in [5, 5.41) is 10.9. The number of fused-ring (bicyclic) bond motifs is 2. The van der Waals surface area contributed by atoms with Gasteiger partial charge >= 0.3 is 0 Å². The predicted octanol–water partition coefficient (Wildman–Crippen LogP) is 5.92. The normalized spacial score (nSPS) is 15.8. The number of hydrogen-bond donors (Lipinski definition) is 1. The molecule has 1 atom stereocenters. The Morgan fingerprint density at radius 1 is 1.03 bits per heavy atom. The number of benzene rings is 3. The third kappa shape index (κ3) is 4.39. The van der Waals surface area contributed by atoms with Gasteiger partial charge in [-0.1, -0.05) is 35.3 Å². The third-order valence-corrected chi connectivity index (χ3v) is 6.20. The van der Waals surface area contributed by atoms with Gasteiger partial charge in [0.25, 0.3) is 0 Å². The Kier molecular flexibility index (Phi) is 6.25. The van der Waals surface area contributed by atoms with E-state index in [9.17, 15) is 5.26 Å². The van der Waals surface area contributed by atoms with Gasteiger partial charge in [-0.25, -0.2) is 0 Å². The van der Waals surface area contributed by atoms with Crippen LogP contribution in [0.4, 0.5) is 0 Å². The number of nitriles is 1. The standard InChI is InChI=1S/C26H20Cl2N2O5/c1-2-31-23-8-15(7-19(28)25(23)32-12-14-3-5-16(27)6-4-14)24-17-9-21-22(34-13-33-21)10-20(17)35-26(30)18(24)11-29/h3-10,24H,2,12-13,30H2,1H3/t24-/m0/s1. The summed E-state index contributed by atoms with van der Waals surface area (Å²) in [4.78, 5) is 0. The van der Waals surface area contributed by atoms with Crippen LogP contribution >= 0.6 is 23.2 Å². The first-order chi connectivity index (χ1) is 17.0. The zero-order chi connectivity index (χ0) is 24.5. The smallest absolute Gasteiger partial charge is 0.231 e. The average Bonchev–Trinajstić information content (AvgIpc) is 3.30. The second-order valence-electron chi connectivity index (χ2n) is 7.85. The van der Waals surface area contributed by atoms with Gasteiger partial charge in [-0.15, -0.1) is 0 Å². The minimum absolute atomic E-state index is 0.0148. The SMILES string of the molecule is CCOc1cc([C@@H]2C(C#N)=C(N)Oc3cc4c(cc32)OCO4)cc(Cl)c1OCc1ccc(Cl)cc1. The van der Waals surface area contributed by atoms with E-state index in [0.29, 0.717) is 56.5 Å². The second kappa shape index (κ2) is 9.49. The highest BCUT2D eigenvalue weighted by Gasteiger charge is 2.34.